The number of carbonyl (C=O) groups is 3. The van der Waals surface area contributed by atoms with E-state index >= 15 is 0 Å². The fourth-order valence-electron chi connectivity index (χ4n) is 4.16. The molecule has 0 radical (unpaired) electrons. The number of halogens is 1. The minimum absolute atomic E-state index is 0.0141. The van der Waals surface area contributed by atoms with Crippen molar-refractivity contribution in [1.82, 2.24) is 10.2 Å². The zero-order valence-corrected chi connectivity index (χ0v) is 24.5. The molecule has 4 rings (SSSR count). The van der Waals surface area contributed by atoms with Crippen molar-refractivity contribution < 1.29 is 28.8 Å². The number of hydrogen-bond acceptors (Lipinski definition) is 7. The second kappa shape index (κ2) is 13.3. The minimum Gasteiger partial charge on any atom is -0.490 e. The molecule has 3 aromatic rings. The molecule has 0 aliphatic carbocycles. The molecule has 0 spiro atoms. The molecule has 0 bridgehead atoms. The quantitative estimate of drug-likeness (QED) is 0.0932. The van der Waals surface area contributed by atoms with Gasteiger partial charge in [-0.1, -0.05) is 37.3 Å². The molecule has 0 atom stereocenters. The van der Waals surface area contributed by atoms with E-state index in [1.807, 2.05) is 26.0 Å². The van der Waals surface area contributed by atoms with Crippen LogP contribution in [0.4, 0.5) is 16.2 Å². The number of non-ortho nitro benzene ring substituents is 1. The van der Waals surface area contributed by atoms with Crippen molar-refractivity contribution in [3.63, 3.8) is 0 Å². The number of anilines is 1. The molecule has 2 N–H and O–H groups in total. The Bertz CT molecular complexity index is 1540. The van der Waals surface area contributed by atoms with Crippen LogP contribution in [0.5, 0.6) is 11.5 Å². The normalized spacial score (nSPS) is 13.7. The van der Waals surface area contributed by atoms with E-state index in [-0.39, 0.29) is 18.0 Å². The number of nitro groups is 1. The molecule has 0 unspecified atom stereocenters. The molecule has 1 aliphatic heterocycles. The van der Waals surface area contributed by atoms with Gasteiger partial charge < -0.3 is 20.1 Å². The maximum Gasteiger partial charge on any atom is 0.329 e. The maximum absolute atomic E-state index is 13.0. The molecule has 1 heterocycles. The van der Waals surface area contributed by atoms with Gasteiger partial charge in [0.25, 0.3) is 11.6 Å². The first-order valence-electron chi connectivity index (χ1n) is 12.7. The lowest BCUT2D eigenvalue weighted by Gasteiger charge is -2.15. The number of para-hydroxylation sites is 1. The van der Waals surface area contributed by atoms with E-state index in [2.05, 4.69) is 33.2 Å². The van der Waals surface area contributed by atoms with Crippen LogP contribution >= 0.6 is 22.6 Å². The summed E-state index contributed by atoms with van der Waals surface area (Å²) in [7, 11) is 0. The minimum atomic E-state index is -0.697. The average molecular weight is 670 g/mol. The molecule has 212 valence electrons. The highest BCUT2D eigenvalue weighted by Gasteiger charge is 2.35. The maximum atomic E-state index is 13.0. The first-order valence-corrected chi connectivity index (χ1v) is 13.8. The van der Waals surface area contributed by atoms with E-state index in [0.29, 0.717) is 44.9 Å². The molecular weight excluding hydrogens is 643 g/mol. The summed E-state index contributed by atoms with van der Waals surface area (Å²) in [5.41, 5.74) is 2.73. The Hall–Kier alpha value is -4.46. The Kier molecular flexibility index (Phi) is 9.55. The van der Waals surface area contributed by atoms with Crippen LogP contribution in [-0.2, 0) is 22.6 Å². The Balaban J connectivity index is 1.49. The van der Waals surface area contributed by atoms with Gasteiger partial charge in [-0.3, -0.25) is 19.7 Å². The van der Waals surface area contributed by atoms with E-state index in [9.17, 15) is 24.5 Å². The number of ether oxygens (including phenoxy) is 2. The van der Waals surface area contributed by atoms with Crippen molar-refractivity contribution in [2.75, 3.05) is 18.5 Å². The van der Waals surface area contributed by atoms with Gasteiger partial charge in [-0.2, -0.15) is 0 Å². The summed E-state index contributed by atoms with van der Waals surface area (Å²) in [5, 5.41) is 16.4. The van der Waals surface area contributed by atoms with Crippen molar-refractivity contribution in [3.05, 3.63) is 96.7 Å². The van der Waals surface area contributed by atoms with Crippen LogP contribution in [0, 0.1) is 13.7 Å². The van der Waals surface area contributed by atoms with Crippen molar-refractivity contribution in [2.24, 2.45) is 0 Å². The number of amides is 4. The Morgan fingerprint density at radius 1 is 1.10 bits per heavy atom. The van der Waals surface area contributed by atoms with E-state index in [4.69, 9.17) is 9.47 Å². The summed E-state index contributed by atoms with van der Waals surface area (Å²) in [6.07, 6.45) is 2.22. The van der Waals surface area contributed by atoms with E-state index in [1.165, 1.54) is 18.2 Å². The summed E-state index contributed by atoms with van der Waals surface area (Å²) in [5.74, 6) is -0.283. The molecule has 11 nitrogen and oxygen atoms in total. The van der Waals surface area contributed by atoms with Gasteiger partial charge in [-0.15, -0.1) is 0 Å². The van der Waals surface area contributed by atoms with Gasteiger partial charge in [0.1, 0.15) is 18.8 Å². The molecule has 3 aromatic carbocycles. The predicted molar refractivity (Wildman–Crippen MR) is 160 cm³/mol. The standard InChI is InChI=1S/C29H27IN4O7/c1-3-20-9-5-6-11-23(20)31-26(35)16-33-28(36)24(32-29(33)37)14-19-13-22(30)27(25(15-19)40-4-2)41-17-18-8-7-10-21(12-18)34(38)39/h5-15H,3-4,16-17H2,1-2H3,(H,31,35)(H,32,37)/b24-14+. The van der Waals surface area contributed by atoms with Gasteiger partial charge in [0.05, 0.1) is 15.1 Å². The van der Waals surface area contributed by atoms with Crippen molar-refractivity contribution in [2.45, 2.75) is 26.9 Å². The van der Waals surface area contributed by atoms with Gasteiger partial charge in [0, 0.05) is 17.8 Å². The lowest BCUT2D eigenvalue weighted by atomic mass is 10.1. The second-order valence-corrected chi connectivity index (χ2v) is 10.1. The number of benzene rings is 3. The van der Waals surface area contributed by atoms with Crippen molar-refractivity contribution >= 4 is 57.9 Å². The lowest BCUT2D eigenvalue weighted by molar-refractivity contribution is -0.384. The molecule has 1 fully saturated rings. The number of imide groups is 1. The zero-order valence-electron chi connectivity index (χ0n) is 22.3. The molecule has 0 aromatic heterocycles. The van der Waals surface area contributed by atoms with Crippen LogP contribution in [0.1, 0.15) is 30.5 Å². The largest absolute Gasteiger partial charge is 0.490 e. The summed E-state index contributed by atoms with van der Waals surface area (Å²) >= 11 is 2.07. The van der Waals surface area contributed by atoms with Gasteiger partial charge in [0.2, 0.25) is 5.91 Å². The third kappa shape index (κ3) is 7.20. The average Bonchev–Trinajstić information content (AvgIpc) is 3.20. The summed E-state index contributed by atoms with van der Waals surface area (Å²) in [6, 6.07) is 16.2. The van der Waals surface area contributed by atoms with Crippen LogP contribution in [-0.4, -0.2) is 40.8 Å². The van der Waals surface area contributed by atoms with E-state index in [1.54, 1.807) is 36.4 Å². The summed E-state index contributed by atoms with van der Waals surface area (Å²) < 4.78 is 12.4. The van der Waals surface area contributed by atoms with Crippen molar-refractivity contribution in [3.8, 4) is 11.5 Å². The van der Waals surface area contributed by atoms with Crippen LogP contribution < -0.4 is 20.1 Å². The molecule has 41 heavy (non-hydrogen) atoms. The first kappa shape index (κ1) is 29.5. The van der Waals surface area contributed by atoms with E-state index in [0.717, 1.165) is 10.5 Å². The third-order valence-electron chi connectivity index (χ3n) is 6.08. The molecule has 12 heteroatoms. The first-order chi connectivity index (χ1) is 19.7. The third-order valence-corrected chi connectivity index (χ3v) is 6.88. The highest BCUT2D eigenvalue weighted by Crippen LogP contribution is 2.36. The van der Waals surface area contributed by atoms with Gasteiger partial charge in [0.15, 0.2) is 11.5 Å². The zero-order chi connectivity index (χ0) is 29.5. The SMILES string of the molecule is CCOc1cc(/C=C2/NC(=O)N(CC(=O)Nc3ccccc3CC)C2=O)cc(I)c1OCc1cccc([N+](=O)[O-])c1. The highest BCUT2D eigenvalue weighted by molar-refractivity contribution is 14.1. The Morgan fingerprint density at radius 2 is 1.88 bits per heavy atom. The molecule has 0 saturated carbocycles. The summed E-state index contributed by atoms with van der Waals surface area (Å²) in [6.45, 7) is 3.75. The summed E-state index contributed by atoms with van der Waals surface area (Å²) in [4.78, 5) is 49.7. The van der Waals surface area contributed by atoms with E-state index < -0.39 is 29.3 Å². The number of nitrogens with zero attached hydrogens (tertiary/aromatic N) is 2. The van der Waals surface area contributed by atoms with Crippen LogP contribution in [0.3, 0.4) is 0 Å². The van der Waals surface area contributed by atoms with Gasteiger partial charge >= 0.3 is 6.03 Å². The van der Waals surface area contributed by atoms with Gasteiger partial charge in [-0.05, 0) is 76.9 Å². The monoisotopic (exact) mass is 670 g/mol. The van der Waals surface area contributed by atoms with Crippen molar-refractivity contribution in [1.29, 1.82) is 0 Å². The number of urea groups is 1. The Labute approximate surface area is 249 Å². The molecule has 4 amide bonds. The number of hydrogen-bond donors (Lipinski definition) is 2. The number of rotatable bonds is 11. The van der Waals surface area contributed by atoms with Crippen LogP contribution in [0.25, 0.3) is 6.08 Å². The Morgan fingerprint density at radius 3 is 2.61 bits per heavy atom. The van der Waals surface area contributed by atoms with Crippen LogP contribution in [0.2, 0.25) is 0 Å². The fourth-order valence-corrected chi connectivity index (χ4v) is 4.94. The smallest absolute Gasteiger partial charge is 0.329 e. The number of nitro benzene ring substituents is 1. The lowest BCUT2D eigenvalue weighted by Crippen LogP contribution is -2.38. The molecule has 1 saturated heterocycles. The number of nitrogens with one attached hydrogen (secondary N) is 2. The number of carbonyl (C=O) groups excluding carboxylic acids is 3. The molecular formula is C29H27IN4O7. The van der Waals surface area contributed by atoms with Gasteiger partial charge in [-0.25, -0.2) is 9.69 Å². The van der Waals surface area contributed by atoms with Crippen LogP contribution in [0.15, 0.2) is 66.4 Å². The molecule has 1 aliphatic rings. The predicted octanol–water partition coefficient (Wildman–Crippen LogP) is 5.27. The topological polar surface area (TPSA) is 140 Å². The number of aryl methyl sites for hydroxylation is 1. The second-order valence-electron chi connectivity index (χ2n) is 8.92. The highest BCUT2D eigenvalue weighted by atomic mass is 127. The fraction of sp³-hybridized carbons (Fsp3) is 0.207.